The van der Waals surface area contributed by atoms with E-state index in [0.717, 1.165) is 32.8 Å². The van der Waals surface area contributed by atoms with Gasteiger partial charge in [-0.2, -0.15) is 0 Å². The Kier molecular flexibility index (Phi) is 12.6. The number of carbonyl (C=O) groups is 1. The molecule has 2 atom stereocenters. The average Bonchev–Trinajstić information content (AvgIpc) is 2.97. The summed E-state index contributed by atoms with van der Waals surface area (Å²) in [5.41, 5.74) is 0.0436. The predicted molar refractivity (Wildman–Crippen MR) is 194 cm³/mol. The molecule has 0 heterocycles. The van der Waals surface area contributed by atoms with Crippen LogP contribution in [0.4, 0.5) is 4.79 Å². The van der Waals surface area contributed by atoms with E-state index in [-0.39, 0.29) is 11.5 Å². The lowest BCUT2D eigenvalue weighted by molar-refractivity contribution is 0.0514. The van der Waals surface area contributed by atoms with Crippen LogP contribution in [0.2, 0.25) is 5.04 Å². The molecule has 0 radical (unpaired) electrons. The van der Waals surface area contributed by atoms with Gasteiger partial charge in [-0.15, -0.1) is 0 Å². The van der Waals surface area contributed by atoms with Crippen LogP contribution in [0.25, 0.3) is 0 Å². The van der Waals surface area contributed by atoms with E-state index < -0.39 is 52.1 Å². The number of benzene rings is 3. The molecule has 260 valence electrons. The van der Waals surface area contributed by atoms with Gasteiger partial charge in [0.05, 0.1) is 6.04 Å². The molecule has 10 nitrogen and oxygen atoms in total. The summed E-state index contributed by atoms with van der Waals surface area (Å²) in [6.07, 6.45) is 1.99. The Hall–Kier alpha value is -3.75. The second kappa shape index (κ2) is 15.6. The van der Waals surface area contributed by atoms with Gasteiger partial charge in [-0.05, 0) is 73.3 Å². The average molecular weight is 714 g/mol. The van der Waals surface area contributed by atoms with Crippen LogP contribution < -0.4 is 30.0 Å². The number of hydrogen-bond donors (Lipinski definition) is 3. The van der Waals surface area contributed by atoms with Crippen LogP contribution in [0.15, 0.2) is 108 Å². The van der Waals surface area contributed by atoms with Crippen molar-refractivity contribution in [3.05, 3.63) is 113 Å². The summed E-state index contributed by atoms with van der Waals surface area (Å²) in [4.78, 5) is 12.7. The van der Waals surface area contributed by atoms with Crippen LogP contribution in [-0.4, -0.2) is 48.9 Å². The molecular formula is C35H47N3O7S2Si. The monoisotopic (exact) mass is 713 g/mol. The van der Waals surface area contributed by atoms with Crippen molar-refractivity contribution in [1.29, 1.82) is 0 Å². The maximum atomic E-state index is 12.8. The quantitative estimate of drug-likeness (QED) is 0.217. The number of carbonyl (C=O) groups excluding carboxylic acids is 1. The van der Waals surface area contributed by atoms with E-state index in [4.69, 9.17) is 14.3 Å². The van der Waals surface area contributed by atoms with Crippen LogP contribution in [0.3, 0.4) is 0 Å². The summed E-state index contributed by atoms with van der Waals surface area (Å²) in [5.74, 6) is 0.688. The zero-order valence-electron chi connectivity index (χ0n) is 28.5. The summed E-state index contributed by atoms with van der Waals surface area (Å²) < 4.78 is 62.7. The Morgan fingerprint density at radius 2 is 1.33 bits per heavy atom. The van der Waals surface area contributed by atoms with Crippen molar-refractivity contribution in [1.82, 2.24) is 10.0 Å². The minimum Gasteiger partial charge on any atom is -0.534 e. The van der Waals surface area contributed by atoms with Gasteiger partial charge in [0.1, 0.15) is 11.4 Å². The Bertz CT molecular complexity index is 1740. The third-order valence-corrected chi connectivity index (χ3v) is 13.9. The fourth-order valence-corrected chi connectivity index (χ4v) is 11.1. The topological polar surface area (TPSA) is 154 Å². The first-order chi connectivity index (χ1) is 22.2. The molecule has 0 saturated heterocycles. The minimum atomic E-state index is -4.03. The number of amides is 1. The fourth-order valence-electron chi connectivity index (χ4n) is 5.16. The number of nitrogens with two attached hydrogens (primary N) is 1. The summed E-state index contributed by atoms with van der Waals surface area (Å²) in [5, 5.41) is 11.4. The zero-order chi connectivity index (χ0) is 35.8. The van der Waals surface area contributed by atoms with Gasteiger partial charge in [-0.25, -0.2) is 31.5 Å². The van der Waals surface area contributed by atoms with E-state index in [2.05, 4.69) is 55.1 Å². The van der Waals surface area contributed by atoms with E-state index in [1.165, 1.54) is 13.0 Å². The van der Waals surface area contributed by atoms with E-state index >= 15 is 0 Å². The summed E-state index contributed by atoms with van der Waals surface area (Å²) >= 11 is 0. The largest absolute Gasteiger partial charge is 0.534 e. The van der Waals surface area contributed by atoms with Crippen molar-refractivity contribution in [2.45, 2.75) is 77.6 Å². The molecule has 48 heavy (non-hydrogen) atoms. The highest BCUT2D eigenvalue weighted by atomic mass is 32.2. The van der Waals surface area contributed by atoms with Crippen LogP contribution in [0, 0.1) is 0 Å². The van der Waals surface area contributed by atoms with E-state index in [1.54, 1.807) is 20.8 Å². The third kappa shape index (κ3) is 11.7. The van der Waals surface area contributed by atoms with Crippen LogP contribution in [0.5, 0.6) is 5.75 Å². The molecule has 13 heteroatoms. The number of ether oxygens (including phenoxy) is 1. The third-order valence-electron chi connectivity index (χ3n) is 7.17. The number of primary sulfonamides is 1. The number of rotatable bonds is 13. The first kappa shape index (κ1) is 38.7. The highest BCUT2D eigenvalue weighted by molar-refractivity contribution is 7.92. The van der Waals surface area contributed by atoms with E-state index in [9.17, 15) is 21.6 Å². The standard InChI is InChI=1S/C35H47N3O7S2Si/c1-27(22-24-46(36,40)41)38-47(42,43)25-23-29(37-33(39)44-34(2,3)4)26-28-18-20-30(21-19-28)45-48(35(5,6)7,31-14-10-8-11-15-31)32-16-12-9-13-17-32/h8-25,27,29,38H,26H2,1-7H3,(H,37,39)(H2,36,40,41)/b24-22+,25-23+/t27-,29+/m0/s1. The van der Waals surface area contributed by atoms with Gasteiger partial charge in [-0.3, -0.25) is 0 Å². The number of alkyl carbamates (subject to hydrolysis) is 1. The lowest BCUT2D eigenvalue weighted by atomic mass is 10.1. The van der Waals surface area contributed by atoms with Gasteiger partial charge >= 0.3 is 14.4 Å². The lowest BCUT2D eigenvalue weighted by Crippen LogP contribution is -2.68. The molecule has 4 N–H and O–H groups in total. The van der Waals surface area contributed by atoms with Crippen LogP contribution in [0.1, 0.15) is 54.0 Å². The molecule has 0 fully saturated rings. The molecule has 0 aliphatic carbocycles. The zero-order valence-corrected chi connectivity index (χ0v) is 31.1. The molecule has 1 amide bonds. The molecule has 0 aromatic heterocycles. The van der Waals surface area contributed by atoms with Crippen molar-refractivity contribution in [2.75, 3.05) is 0 Å². The van der Waals surface area contributed by atoms with E-state index in [0.29, 0.717) is 5.75 Å². The Morgan fingerprint density at radius 3 is 1.79 bits per heavy atom. The van der Waals surface area contributed by atoms with Crippen molar-refractivity contribution < 1.29 is 30.8 Å². The Labute approximate surface area is 286 Å². The normalized spacial score (nSPS) is 14.5. The van der Waals surface area contributed by atoms with Crippen molar-refractivity contribution in [3.63, 3.8) is 0 Å². The molecule has 0 bridgehead atoms. The summed E-state index contributed by atoms with van der Waals surface area (Å²) in [6, 6.07) is 26.5. The fraction of sp³-hybridized carbons (Fsp3) is 0.343. The van der Waals surface area contributed by atoms with Gasteiger partial charge in [0.15, 0.2) is 0 Å². The van der Waals surface area contributed by atoms with Crippen molar-refractivity contribution in [3.8, 4) is 5.75 Å². The molecule has 3 aromatic rings. The van der Waals surface area contributed by atoms with Gasteiger partial charge in [-0.1, -0.05) is 99.6 Å². The predicted octanol–water partition coefficient (Wildman–Crippen LogP) is 4.69. The second-order valence-corrected chi connectivity index (χ2v) is 20.8. The maximum Gasteiger partial charge on any atom is 0.408 e. The lowest BCUT2D eigenvalue weighted by Gasteiger charge is -2.43. The van der Waals surface area contributed by atoms with Crippen molar-refractivity contribution >= 4 is 44.8 Å². The molecular weight excluding hydrogens is 667 g/mol. The molecule has 0 unspecified atom stereocenters. The smallest absolute Gasteiger partial charge is 0.408 e. The second-order valence-electron chi connectivity index (χ2n) is 13.6. The Balaban J connectivity index is 1.91. The Morgan fingerprint density at radius 1 is 0.812 bits per heavy atom. The number of sulfonamides is 2. The maximum absolute atomic E-state index is 12.8. The minimum absolute atomic E-state index is 0.229. The first-order valence-corrected chi connectivity index (χ1v) is 20.6. The van der Waals surface area contributed by atoms with Gasteiger partial charge < -0.3 is 14.5 Å². The van der Waals surface area contributed by atoms with Gasteiger partial charge in [0, 0.05) is 16.9 Å². The number of nitrogens with one attached hydrogen (secondary N) is 2. The summed E-state index contributed by atoms with van der Waals surface area (Å²) in [7, 11) is -10.8. The molecule has 0 spiro atoms. The van der Waals surface area contributed by atoms with Crippen LogP contribution >= 0.6 is 0 Å². The molecule has 0 saturated carbocycles. The molecule has 0 aliphatic rings. The van der Waals surface area contributed by atoms with Gasteiger partial charge in [0.25, 0.3) is 0 Å². The highest BCUT2D eigenvalue weighted by Crippen LogP contribution is 2.37. The number of hydrogen-bond acceptors (Lipinski definition) is 7. The first-order valence-electron chi connectivity index (χ1n) is 15.5. The highest BCUT2D eigenvalue weighted by Gasteiger charge is 2.52. The van der Waals surface area contributed by atoms with E-state index in [1.807, 2.05) is 60.7 Å². The van der Waals surface area contributed by atoms with Crippen molar-refractivity contribution in [2.24, 2.45) is 5.14 Å². The summed E-state index contributed by atoms with van der Waals surface area (Å²) in [6.45, 7) is 13.2. The molecule has 3 rings (SSSR count). The van der Waals surface area contributed by atoms with Crippen LogP contribution in [-0.2, 0) is 31.2 Å². The molecule has 3 aromatic carbocycles. The SMILES string of the molecule is C[C@@H](/C=C/S(N)(=O)=O)NS(=O)(=O)/C=C/[C@H](Cc1ccc(O[Si](c2ccccc2)(c2ccccc2)C(C)(C)C)cc1)NC(=O)OC(C)(C)C. The van der Waals surface area contributed by atoms with Gasteiger partial charge in [0.2, 0.25) is 20.0 Å². The molecule has 0 aliphatic heterocycles.